The number of H-pyrrole nitrogens is 1. The van der Waals surface area contributed by atoms with Gasteiger partial charge in [-0.15, -0.1) is 0 Å². The van der Waals surface area contributed by atoms with Crippen molar-refractivity contribution in [2.24, 2.45) is 0 Å². The first-order valence-electron chi connectivity index (χ1n) is 6.27. The minimum Gasteiger partial charge on any atom is -0.391 e. The van der Waals surface area contributed by atoms with E-state index >= 15 is 0 Å². The largest absolute Gasteiger partial charge is 0.391 e. The molecule has 1 aromatic heterocycles. The van der Waals surface area contributed by atoms with Crippen molar-refractivity contribution < 1.29 is 13.5 Å². The highest BCUT2D eigenvalue weighted by Crippen LogP contribution is 2.32. The van der Waals surface area contributed by atoms with Crippen LogP contribution in [0, 0.1) is 6.92 Å². The molecule has 20 heavy (non-hydrogen) atoms. The topological polar surface area (TPSA) is 95.1 Å². The van der Waals surface area contributed by atoms with Crippen LogP contribution in [0.25, 0.3) is 0 Å². The third kappa shape index (κ3) is 2.13. The summed E-state index contributed by atoms with van der Waals surface area (Å²) >= 11 is 0. The first kappa shape index (κ1) is 13.3. The zero-order chi connectivity index (χ0) is 14.3. The summed E-state index contributed by atoms with van der Waals surface area (Å²) in [5, 5.41) is 16.4. The summed E-state index contributed by atoms with van der Waals surface area (Å²) < 4.78 is 27.3. The standard InChI is InChI=1S/C13H15N3O3S/c1-8-12(7-14-15-8)20(18,19)16-13-10-5-3-2-4-9(10)6-11(13)17/h2-5,7,11,13,16-17H,6H2,1H3,(H,14,15)/t11-,13+/m1/s1. The molecule has 106 valence electrons. The average molecular weight is 293 g/mol. The maximum atomic E-state index is 12.3. The summed E-state index contributed by atoms with van der Waals surface area (Å²) in [5.74, 6) is 0. The van der Waals surface area contributed by atoms with Gasteiger partial charge < -0.3 is 5.11 Å². The molecule has 1 aromatic carbocycles. The van der Waals surface area contributed by atoms with E-state index in [-0.39, 0.29) is 4.90 Å². The van der Waals surface area contributed by atoms with Gasteiger partial charge in [-0.3, -0.25) is 5.10 Å². The van der Waals surface area contributed by atoms with Crippen molar-refractivity contribution in [3.05, 3.63) is 47.3 Å². The lowest BCUT2D eigenvalue weighted by atomic mass is 10.1. The highest BCUT2D eigenvalue weighted by molar-refractivity contribution is 7.89. The number of benzene rings is 1. The molecule has 3 rings (SSSR count). The predicted octanol–water partition coefficient (Wildman–Crippen LogP) is 0.655. The second-order valence-corrected chi connectivity index (χ2v) is 6.61. The molecule has 0 bridgehead atoms. The summed E-state index contributed by atoms with van der Waals surface area (Å²) in [5.41, 5.74) is 2.26. The number of aliphatic hydroxyl groups is 1. The molecule has 0 fully saturated rings. The molecule has 7 heteroatoms. The van der Waals surface area contributed by atoms with Gasteiger partial charge in [0, 0.05) is 6.42 Å². The molecule has 0 unspecified atom stereocenters. The van der Waals surface area contributed by atoms with Gasteiger partial charge in [-0.05, 0) is 18.1 Å². The van der Waals surface area contributed by atoms with Gasteiger partial charge in [-0.1, -0.05) is 24.3 Å². The minimum absolute atomic E-state index is 0.106. The van der Waals surface area contributed by atoms with Crippen LogP contribution in [-0.2, 0) is 16.4 Å². The second kappa shape index (κ2) is 4.69. The lowest BCUT2D eigenvalue weighted by Crippen LogP contribution is -2.34. The van der Waals surface area contributed by atoms with E-state index in [0.717, 1.165) is 11.1 Å². The summed E-state index contributed by atoms with van der Waals surface area (Å²) in [6, 6.07) is 6.83. The molecule has 2 atom stereocenters. The number of nitrogens with one attached hydrogen (secondary N) is 2. The van der Waals surface area contributed by atoms with E-state index in [1.165, 1.54) is 6.20 Å². The fourth-order valence-corrected chi connectivity index (χ4v) is 3.94. The number of aliphatic hydroxyl groups excluding tert-OH is 1. The Bertz CT molecular complexity index is 739. The van der Waals surface area contributed by atoms with Gasteiger partial charge in [0.2, 0.25) is 10.0 Å². The number of hydrogen-bond donors (Lipinski definition) is 3. The number of rotatable bonds is 3. The van der Waals surface area contributed by atoms with Gasteiger partial charge in [0.05, 0.1) is 24.0 Å². The fourth-order valence-electron chi connectivity index (χ4n) is 2.56. The van der Waals surface area contributed by atoms with Crippen molar-refractivity contribution in [1.29, 1.82) is 0 Å². The molecule has 3 N–H and O–H groups in total. The van der Waals surface area contributed by atoms with Gasteiger partial charge in [-0.2, -0.15) is 5.10 Å². The van der Waals surface area contributed by atoms with Crippen molar-refractivity contribution in [1.82, 2.24) is 14.9 Å². The number of nitrogens with zero attached hydrogens (tertiary/aromatic N) is 1. The molecule has 0 radical (unpaired) electrons. The molecule has 2 aromatic rings. The van der Waals surface area contributed by atoms with E-state index < -0.39 is 22.2 Å². The maximum Gasteiger partial charge on any atom is 0.244 e. The molecule has 1 aliphatic rings. The first-order chi connectivity index (χ1) is 9.49. The molecule has 0 amide bonds. The molecular formula is C13H15N3O3S. The van der Waals surface area contributed by atoms with Gasteiger partial charge in [-0.25, -0.2) is 13.1 Å². The highest BCUT2D eigenvalue weighted by Gasteiger charge is 2.34. The van der Waals surface area contributed by atoms with Crippen LogP contribution >= 0.6 is 0 Å². The number of sulfonamides is 1. The van der Waals surface area contributed by atoms with Crippen LogP contribution in [0.15, 0.2) is 35.4 Å². The van der Waals surface area contributed by atoms with E-state index in [9.17, 15) is 13.5 Å². The molecule has 1 aliphatic carbocycles. The third-order valence-electron chi connectivity index (χ3n) is 3.56. The number of aromatic amines is 1. The second-order valence-electron chi connectivity index (χ2n) is 4.93. The summed E-state index contributed by atoms with van der Waals surface area (Å²) in [6.45, 7) is 1.64. The van der Waals surface area contributed by atoms with Gasteiger partial charge in [0.1, 0.15) is 4.90 Å². The number of hydrogen-bond acceptors (Lipinski definition) is 4. The molecule has 1 heterocycles. The van der Waals surface area contributed by atoms with Crippen molar-refractivity contribution in [2.75, 3.05) is 0 Å². The van der Waals surface area contributed by atoms with Crippen LogP contribution in [0.5, 0.6) is 0 Å². The zero-order valence-corrected chi connectivity index (χ0v) is 11.7. The molecule has 0 spiro atoms. The molecule has 0 aliphatic heterocycles. The Balaban J connectivity index is 1.94. The van der Waals surface area contributed by atoms with E-state index in [1.54, 1.807) is 6.92 Å². The molecular weight excluding hydrogens is 278 g/mol. The van der Waals surface area contributed by atoms with Crippen LogP contribution in [0.2, 0.25) is 0 Å². The monoisotopic (exact) mass is 293 g/mol. The minimum atomic E-state index is -3.71. The fraction of sp³-hybridized carbons (Fsp3) is 0.308. The van der Waals surface area contributed by atoms with Crippen molar-refractivity contribution >= 4 is 10.0 Å². The normalized spacial score (nSPS) is 21.9. The van der Waals surface area contributed by atoms with Gasteiger partial charge in [0.15, 0.2) is 0 Å². The Labute approximate surface area is 116 Å². The molecule has 0 saturated heterocycles. The quantitative estimate of drug-likeness (QED) is 0.774. The summed E-state index contributed by atoms with van der Waals surface area (Å²) in [7, 11) is -3.71. The predicted molar refractivity (Wildman–Crippen MR) is 72.5 cm³/mol. The Morgan fingerprint density at radius 1 is 1.40 bits per heavy atom. The Kier molecular flexibility index (Phi) is 3.12. The third-order valence-corrected chi connectivity index (χ3v) is 5.11. The zero-order valence-electron chi connectivity index (χ0n) is 10.9. The number of fused-ring (bicyclic) bond motifs is 1. The van der Waals surface area contributed by atoms with Crippen LogP contribution in [-0.4, -0.2) is 29.8 Å². The summed E-state index contributed by atoms with van der Waals surface area (Å²) in [4.78, 5) is 0.106. The van der Waals surface area contributed by atoms with E-state index in [4.69, 9.17) is 0 Å². The summed E-state index contributed by atoms with van der Waals surface area (Å²) in [6.07, 6.45) is 0.966. The van der Waals surface area contributed by atoms with Crippen molar-refractivity contribution in [3.8, 4) is 0 Å². The molecule has 6 nitrogen and oxygen atoms in total. The van der Waals surface area contributed by atoms with Crippen molar-refractivity contribution in [2.45, 2.75) is 30.4 Å². The molecule has 0 saturated carbocycles. The van der Waals surface area contributed by atoms with E-state index in [1.807, 2.05) is 24.3 Å². The lowest BCUT2D eigenvalue weighted by molar-refractivity contribution is 0.151. The smallest absolute Gasteiger partial charge is 0.244 e. The maximum absolute atomic E-state index is 12.3. The average Bonchev–Trinajstić information content (AvgIpc) is 2.95. The van der Waals surface area contributed by atoms with Crippen LogP contribution in [0.4, 0.5) is 0 Å². The van der Waals surface area contributed by atoms with Gasteiger partial charge in [0.25, 0.3) is 0 Å². The number of aryl methyl sites for hydroxylation is 1. The SMILES string of the molecule is Cc1[nH]ncc1S(=O)(=O)N[C@H]1c2ccccc2C[C@H]1O. The van der Waals surface area contributed by atoms with Gasteiger partial charge >= 0.3 is 0 Å². The highest BCUT2D eigenvalue weighted by atomic mass is 32.2. The lowest BCUT2D eigenvalue weighted by Gasteiger charge is -2.17. The van der Waals surface area contributed by atoms with Crippen LogP contribution < -0.4 is 4.72 Å². The Hall–Kier alpha value is -1.70. The Morgan fingerprint density at radius 2 is 2.15 bits per heavy atom. The van der Waals surface area contributed by atoms with Crippen LogP contribution in [0.3, 0.4) is 0 Å². The van der Waals surface area contributed by atoms with Crippen molar-refractivity contribution in [3.63, 3.8) is 0 Å². The first-order valence-corrected chi connectivity index (χ1v) is 7.75. The van der Waals surface area contributed by atoms with Crippen LogP contribution in [0.1, 0.15) is 22.9 Å². The van der Waals surface area contributed by atoms with E-state index in [2.05, 4.69) is 14.9 Å². The van der Waals surface area contributed by atoms with E-state index in [0.29, 0.717) is 12.1 Å². The Morgan fingerprint density at radius 3 is 2.85 bits per heavy atom. The number of aromatic nitrogens is 2.